The van der Waals surface area contributed by atoms with Gasteiger partial charge >= 0.3 is 0 Å². The number of carbonyl (C=O) groups is 1. The third-order valence-corrected chi connectivity index (χ3v) is 2.56. The monoisotopic (exact) mass is 206 g/mol. The molecule has 5 heteroatoms. The molecule has 1 saturated heterocycles. The number of rotatable bonds is 3. The van der Waals surface area contributed by atoms with E-state index in [1.807, 2.05) is 0 Å². The fourth-order valence-electron chi connectivity index (χ4n) is 1.65. The van der Waals surface area contributed by atoms with E-state index in [1.165, 1.54) is 12.4 Å². The van der Waals surface area contributed by atoms with E-state index in [9.17, 15) is 4.79 Å². The minimum absolute atomic E-state index is 0.0724. The highest BCUT2D eigenvalue weighted by atomic mass is 16.1. The van der Waals surface area contributed by atoms with Gasteiger partial charge in [0.1, 0.15) is 0 Å². The average Bonchev–Trinajstić information content (AvgIpc) is 2.80. The Hall–Kier alpha value is -1.49. The molecule has 1 atom stereocenters. The first-order valence-electron chi connectivity index (χ1n) is 5.12. The summed E-state index contributed by atoms with van der Waals surface area (Å²) in [6, 6.07) is 1.66. The molecule has 1 unspecified atom stereocenters. The van der Waals surface area contributed by atoms with Crippen molar-refractivity contribution in [1.29, 1.82) is 0 Å². The summed E-state index contributed by atoms with van der Waals surface area (Å²) in [5, 5.41) is 13.4. The first-order chi connectivity index (χ1) is 7.36. The van der Waals surface area contributed by atoms with Crippen molar-refractivity contribution in [2.75, 3.05) is 19.6 Å². The minimum atomic E-state index is -0.0724. The maximum atomic E-state index is 11.6. The van der Waals surface area contributed by atoms with Crippen LogP contribution in [0, 0.1) is 5.92 Å². The Kier molecular flexibility index (Phi) is 3.24. The summed E-state index contributed by atoms with van der Waals surface area (Å²) in [6.45, 7) is 2.78. The number of nitrogens with one attached hydrogen (secondary N) is 2. The Morgan fingerprint density at radius 1 is 1.60 bits per heavy atom. The van der Waals surface area contributed by atoms with Crippen molar-refractivity contribution in [2.45, 2.75) is 6.42 Å². The van der Waals surface area contributed by atoms with E-state index in [0.29, 0.717) is 11.5 Å². The zero-order valence-corrected chi connectivity index (χ0v) is 8.44. The summed E-state index contributed by atoms with van der Waals surface area (Å²) in [5.41, 5.74) is 0.566. The van der Waals surface area contributed by atoms with Gasteiger partial charge in [-0.3, -0.25) is 4.79 Å². The van der Waals surface area contributed by atoms with Gasteiger partial charge in [0.15, 0.2) is 0 Å². The van der Waals surface area contributed by atoms with E-state index in [0.717, 1.165) is 26.1 Å². The summed E-state index contributed by atoms with van der Waals surface area (Å²) < 4.78 is 0. The number of hydrogen-bond acceptors (Lipinski definition) is 4. The lowest BCUT2D eigenvalue weighted by atomic mass is 10.1. The molecular formula is C10H14N4O. The summed E-state index contributed by atoms with van der Waals surface area (Å²) in [4.78, 5) is 11.6. The second kappa shape index (κ2) is 4.84. The molecule has 2 heterocycles. The van der Waals surface area contributed by atoms with Gasteiger partial charge in [0.25, 0.3) is 5.91 Å². The second-order valence-electron chi connectivity index (χ2n) is 3.70. The normalized spacial score (nSPS) is 20.1. The Morgan fingerprint density at radius 2 is 2.53 bits per heavy atom. The van der Waals surface area contributed by atoms with Gasteiger partial charge in [0, 0.05) is 6.54 Å². The first kappa shape index (κ1) is 10.0. The standard InChI is InChI=1S/C10H14N4O/c15-10(9-2-4-13-14-7-9)12-6-8-1-3-11-5-8/h2,4,7-8,11H,1,3,5-6H2,(H,12,15). The maximum absolute atomic E-state index is 11.6. The van der Waals surface area contributed by atoms with Gasteiger partial charge in [0.2, 0.25) is 0 Å². The van der Waals surface area contributed by atoms with Crippen LogP contribution in [0.25, 0.3) is 0 Å². The molecule has 1 aromatic rings. The fourth-order valence-corrected chi connectivity index (χ4v) is 1.65. The Labute approximate surface area is 88.3 Å². The summed E-state index contributed by atoms with van der Waals surface area (Å²) >= 11 is 0. The van der Waals surface area contributed by atoms with Gasteiger partial charge in [-0.15, -0.1) is 0 Å². The maximum Gasteiger partial charge on any atom is 0.252 e. The van der Waals surface area contributed by atoms with Crippen molar-refractivity contribution in [2.24, 2.45) is 5.92 Å². The largest absolute Gasteiger partial charge is 0.352 e. The molecular weight excluding hydrogens is 192 g/mol. The minimum Gasteiger partial charge on any atom is -0.352 e. The highest BCUT2D eigenvalue weighted by Gasteiger charge is 2.15. The molecule has 0 aliphatic carbocycles. The summed E-state index contributed by atoms with van der Waals surface area (Å²) in [7, 11) is 0. The van der Waals surface area contributed by atoms with Crippen molar-refractivity contribution < 1.29 is 4.79 Å². The van der Waals surface area contributed by atoms with E-state index >= 15 is 0 Å². The smallest absolute Gasteiger partial charge is 0.252 e. The number of hydrogen-bond donors (Lipinski definition) is 2. The molecule has 0 radical (unpaired) electrons. The first-order valence-corrected chi connectivity index (χ1v) is 5.12. The Balaban J connectivity index is 1.82. The van der Waals surface area contributed by atoms with Crippen molar-refractivity contribution in [3.63, 3.8) is 0 Å². The van der Waals surface area contributed by atoms with Gasteiger partial charge in [-0.25, -0.2) is 0 Å². The zero-order valence-electron chi connectivity index (χ0n) is 8.44. The van der Waals surface area contributed by atoms with E-state index in [2.05, 4.69) is 20.8 Å². The SMILES string of the molecule is O=C(NCC1CCNC1)c1ccnnc1. The van der Waals surface area contributed by atoms with Crippen LogP contribution in [0.5, 0.6) is 0 Å². The molecule has 0 saturated carbocycles. The number of carbonyl (C=O) groups excluding carboxylic acids is 1. The Bertz CT molecular complexity index is 321. The van der Waals surface area contributed by atoms with Gasteiger partial charge in [0.05, 0.1) is 18.0 Å². The quantitative estimate of drug-likeness (QED) is 0.719. The highest BCUT2D eigenvalue weighted by molar-refractivity contribution is 5.93. The summed E-state index contributed by atoms with van der Waals surface area (Å²) in [6.07, 6.45) is 4.13. The van der Waals surface area contributed by atoms with Crippen LogP contribution in [0.3, 0.4) is 0 Å². The lowest BCUT2D eigenvalue weighted by molar-refractivity contribution is 0.0947. The van der Waals surface area contributed by atoms with Crippen molar-refractivity contribution >= 4 is 5.91 Å². The van der Waals surface area contributed by atoms with Crippen LogP contribution in [0.15, 0.2) is 18.5 Å². The fraction of sp³-hybridized carbons (Fsp3) is 0.500. The molecule has 0 bridgehead atoms. The molecule has 1 amide bonds. The van der Waals surface area contributed by atoms with E-state index in [4.69, 9.17) is 0 Å². The second-order valence-corrected chi connectivity index (χ2v) is 3.70. The molecule has 1 aromatic heterocycles. The lowest BCUT2D eigenvalue weighted by Gasteiger charge is -2.09. The Morgan fingerprint density at radius 3 is 3.20 bits per heavy atom. The molecule has 0 spiro atoms. The van der Waals surface area contributed by atoms with Gasteiger partial charge in [-0.05, 0) is 31.5 Å². The van der Waals surface area contributed by atoms with Crippen LogP contribution in [-0.4, -0.2) is 35.7 Å². The van der Waals surface area contributed by atoms with Crippen LogP contribution in [0.4, 0.5) is 0 Å². The molecule has 80 valence electrons. The molecule has 2 rings (SSSR count). The summed E-state index contributed by atoms with van der Waals surface area (Å²) in [5.74, 6) is 0.487. The van der Waals surface area contributed by atoms with Crippen LogP contribution in [-0.2, 0) is 0 Å². The number of amides is 1. The third-order valence-electron chi connectivity index (χ3n) is 2.56. The van der Waals surface area contributed by atoms with E-state index < -0.39 is 0 Å². The van der Waals surface area contributed by atoms with E-state index in [1.54, 1.807) is 6.07 Å². The molecule has 1 aliphatic rings. The van der Waals surface area contributed by atoms with Crippen LogP contribution < -0.4 is 10.6 Å². The van der Waals surface area contributed by atoms with Crippen molar-refractivity contribution in [3.05, 3.63) is 24.0 Å². The number of aromatic nitrogens is 2. The molecule has 15 heavy (non-hydrogen) atoms. The highest BCUT2D eigenvalue weighted by Crippen LogP contribution is 2.05. The molecule has 5 nitrogen and oxygen atoms in total. The van der Waals surface area contributed by atoms with Crippen LogP contribution in [0.2, 0.25) is 0 Å². The predicted molar refractivity (Wildman–Crippen MR) is 55.3 cm³/mol. The lowest BCUT2D eigenvalue weighted by Crippen LogP contribution is -2.30. The van der Waals surface area contributed by atoms with E-state index in [-0.39, 0.29) is 5.91 Å². The number of nitrogens with zero attached hydrogens (tertiary/aromatic N) is 2. The average molecular weight is 206 g/mol. The van der Waals surface area contributed by atoms with Gasteiger partial charge in [-0.1, -0.05) is 0 Å². The third kappa shape index (κ3) is 2.73. The molecule has 2 N–H and O–H groups in total. The topological polar surface area (TPSA) is 66.9 Å². The molecule has 1 fully saturated rings. The van der Waals surface area contributed by atoms with Crippen molar-refractivity contribution in [1.82, 2.24) is 20.8 Å². The van der Waals surface area contributed by atoms with Gasteiger partial charge in [-0.2, -0.15) is 10.2 Å². The molecule has 1 aliphatic heterocycles. The van der Waals surface area contributed by atoms with Crippen molar-refractivity contribution in [3.8, 4) is 0 Å². The van der Waals surface area contributed by atoms with Crippen LogP contribution in [0.1, 0.15) is 16.8 Å². The molecule has 0 aromatic carbocycles. The predicted octanol–water partition coefficient (Wildman–Crippen LogP) is -0.184. The van der Waals surface area contributed by atoms with Gasteiger partial charge < -0.3 is 10.6 Å². The zero-order chi connectivity index (χ0) is 10.5. The van der Waals surface area contributed by atoms with Crippen LogP contribution >= 0.6 is 0 Å².